The molecule has 4 N–H and O–H groups in total. The molecule has 0 atom stereocenters. The molecule has 0 bridgehead atoms. The standard InChI is InChI=1S/C19H15F3N8O2/c20-19(21,22)11-8-23-4-3-12(11)26-14-6-15(25-10-1-2-10)30-16(28-14)9(7-24-30)5-13-17(31)29-18(32)27-13/h3-8,10,25H,1-2H2,(H,23,26,28)(H2,27,29,31,32). The average Bonchev–Trinajstić information content (AvgIpc) is 3.36. The van der Waals surface area contributed by atoms with Crippen LogP contribution < -0.4 is 21.3 Å². The summed E-state index contributed by atoms with van der Waals surface area (Å²) in [6.45, 7) is 0. The van der Waals surface area contributed by atoms with E-state index in [9.17, 15) is 22.8 Å². The fourth-order valence-electron chi connectivity index (χ4n) is 3.19. The first-order chi connectivity index (χ1) is 15.3. The number of aromatic nitrogens is 4. The number of nitrogens with one attached hydrogen (secondary N) is 4. The Hall–Kier alpha value is -4.16. The zero-order valence-corrected chi connectivity index (χ0v) is 16.2. The predicted octanol–water partition coefficient (Wildman–Crippen LogP) is 2.64. The molecule has 1 aliphatic carbocycles. The first-order valence-corrected chi connectivity index (χ1v) is 9.55. The summed E-state index contributed by atoms with van der Waals surface area (Å²) in [7, 11) is 0. The summed E-state index contributed by atoms with van der Waals surface area (Å²) in [5.41, 5.74) is -0.453. The molecule has 0 radical (unpaired) electrons. The SMILES string of the molecule is O=C1NC(=O)C(=Cc2cnn3c(NC4CC4)cc(Nc4ccncc4C(F)(F)F)nc23)N1. The zero-order chi connectivity index (χ0) is 22.5. The van der Waals surface area contributed by atoms with Crippen LogP contribution in [-0.4, -0.2) is 37.6 Å². The van der Waals surface area contributed by atoms with E-state index in [0.717, 1.165) is 19.0 Å². The number of nitrogens with zero attached hydrogens (tertiary/aromatic N) is 4. The third-order valence-corrected chi connectivity index (χ3v) is 4.84. The Morgan fingerprint density at radius 3 is 2.69 bits per heavy atom. The molecular formula is C19H15F3N8O2. The van der Waals surface area contributed by atoms with Crippen molar-refractivity contribution in [1.82, 2.24) is 30.2 Å². The van der Waals surface area contributed by atoms with Gasteiger partial charge in [0.25, 0.3) is 5.91 Å². The first-order valence-electron chi connectivity index (χ1n) is 9.55. The van der Waals surface area contributed by atoms with Crippen LogP contribution in [0.25, 0.3) is 11.7 Å². The number of alkyl halides is 3. The van der Waals surface area contributed by atoms with E-state index in [0.29, 0.717) is 11.4 Å². The maximum Gasteiger partial charge on any atom is 0.419 e. The van der Waals surface area contributed by atoms with Crippen LogP contribution in [0.2, 0.25) is 0 Å². The van der Waals surface area contributed by atoms with Crippen LogP contribution in [0.3, 0.4) is 0 Å². The summed E-state index contributed by atoms with van der Waals surface area (Å²) in [4.78, 5) is 31.2. The van der Waals surface area contributed by atoms with Gasteiger partial charge in [0.05, 0.1) is 17.4 Å². The van der Waals surface area contributed by atoms with E-state index in [-0.39, 0.29) is 28.9 Å². The minimum Gasteiger partial charge on any atom is -0.367 e. The number of hydrogen-bond donors (Lipinski definition) is 4. The maximum absolute atomic E-state index is 13.4. The summed E-state index contributed by atoms with van der Waals surface area (Å²) in [5.74, 6) is 0.0520. The number of carbonyl (C=O) groups is 2. The monoisotopic (exact) mass is 444 g/mol. The van der Waals surface area contributed by atoms with E-state index in [1.165, 1.54) is 29.1 Å². The molecule has 4 heterocycles. The summed E-state index contributed by atoms with van der Waals surface area (Å²) >= 11 is 0. The highest BCUT2D eigenvalue weighted by Crippen LogP contribution is 2.36. The second kappa shape index (κ2) is 7.21. The molecule has 10 nitrogen and oxygen atoms in total. The number of anilines is 3. The Labute approximate surface area is 177 Å². The van der Waals surface area contributed by atoms with Gasteiger partial charge in [-0.15, -0.1) is 0 Å². The van der Waals surface area contributed by atoms with E-state index < -0.39 is 23.7 Å². The first kappa shape index (κ1) is 19.8. The fourth-order valence-corrected chi connectivity index (χ4v) is 3.19. The molecule has 2 aliphatic rings. The predicted molar refractivity (Wildman–Crippen MR) is 107 cm³/mol. The lowest BCUT2D eigenvalue weighted by Gasteiger charge is -2.15. The number of imide groups is 1. The second-order valence-electron chi connectivity index (χ2n) is 7.29. The van der Waals surface area contributed by atoms with Crippen molar-refractivity contribution in [3.05, 3.63) is 47.5 Å². The van der Waals surface area contributed by atoms with Crippen LogP contribution in [0.5, 0.6) is 0 Å². The Kier molecular flexibility index (Phi) is 4.46. The number of pyridine rings is 1. The van der Waals surface area contributed by atoms with Crippen molar-refractivity contribution >= 4 is 41.0 Å². The molecule has 1 saturated heterocycles. The normalized spacial score (nSPS) is 17.5. The summed E-state index contributed by atoms with van der Waals surface area (Å²) in [6.07, 6.45) is 2.14. The van der Waals surface area contributed by atoms with Crippen LogP contribution in [0.15, 0.2) is 36.4 Å². The molecule has 3 amide bonds. The maximum atomic E-state index is 13.4. The van der Waals surface area contributed by atoms with Gasteiger partial charge in [-0.1, -0.05) is 0 Å². The Bertz CT molecular complexity index is 1280. The molecule has 164 valence electrons. The minimum atomic E-state index is -4.60. The van der Waals surface area contributed by atoms with Crippen LogP contribution >= 0.6 is 0 Å². The number of halogens is 3. The van der Waals surface area contributed by atoms with E-state index in [2.05, 4.69) is 36.3 Å². The van der Waals surface area contributed by atoms with Crippen molar-refractivity contribution in [1.29, 1.82) is 0 Å². The summed E-state index contributed by atoms with van der Waals surface area (Å²) in [6, 6.07) is 2.34. The van der Waals surface area contributed by atoms with Gasteiger partial charge in [-0.2, -0.15) is 22.8 Å². The van der Waals surface area contributed by atoms with Gasteiger partial charge in [0.2, 0.25) is 0 Å². The molecule has 2 fully saturated rings. The Balaban J connectivity index is 1.59. The molecule has 3 aromatic rings. The van der Waals surface area contributed by atoms with Crippen LogP contribution in [-0.2, 0) is 11.0 Å². The van der Waals surface area contributed by atoms with E-state index >= 15 is 0 Å². The van der Waals surface area contributed by atoms with Gasteiger partial charge in [0.15, 0.2) is 5.65 Å². The Morgan fingerprint density at radius 2 is 2.00 bits per heavy atom. The van der Waals surface area contributed by atoms with E-state index in [1.807, 2.05) is 0 Å². The number of amides is 3. The van der Waals surface area contributed by atoms with Crippen LogP contribution in [0, 0.1) is 0 Å². The Morgan fingerprint density at radius 1 is 1.19 bits per heavy atom. The van der Waals surface area contributed by atoms with Crippen LogP contribution in [0.1, 0.15) is 24.0 Å². The van der Waals surface area contributed by atoms with Gasteiger partial charge >= 0.3 is 12.2 Å². The highest BCUT2D eigenvalue weighted by Gasteiger charge is 2.34. The number of rotatable bonds is 5. The van der Waals surface area contributed by atoms with Crippen LogP contribution in [0.4, 0.5) is 35.3 Å². The highest BCUT2D eigenvalue weighted by molar-refractivity contribution is 6.14. The molecular weight excluding hydrogens is 429 g/mol. The third kappa shape index (κ3) is 3.79. The molecule has 0 spiro atoms. The van der Waals surface area contributed by atoms with Gasteiger partial charge in [0, 0.05) is 30.1 Å². The molecule has 5 rings (SSSR count). The minimum absolute atomic E-state index is 0.00950. The summed E-state index contributed by atoms with van der Waals surface area (Å²) < 4.78 is 41.6. The van der Waals surface area contributed by atoms with Crippen molar-refractivity contribution in [2.45, 2.75) is 25.1 Å². The number of urea groups is 1. The van der Waals surface area contributed by atoms with E-state index in [4.69, 9.17) is 0 Å². The highest BCUT2D eigenvalue weighted by atomic mass is 19.4. The van der Waals surface area contributed by atoms with Crippen molar-refractivity contribution in [2.75, 3.05) is 10.6 Å². The lowest BCUT2D eigenvalue weighted by Crippen LogP contribution is -2.22. The number of fused-ring (bicyclic) bond motifs is 1. The fraction of sp³-hybridized carbons (Fsp3) is 0.211. The topological polar surface area (TPSA) is 125 Å². The molecule has 3 aromatic heterocycles. The largest absolute Gasteiger partial charge is 0.419 e. The quantitative estimate of drug-likeness (QED) is 0.352. The average molecular weight is 444 g/mol. The van der Waals surface area contributed by atoms with Crippen molar-refractivity contribution < 1.29 is 22.8 Å². The van der Waals surface area contributed by atoms with Crippen molar-refractivity contribution in [2.24, 2.45) is 0 Å². The summed E-state index contributed by atoms with van der Waals surface area (Å²) in [5, 5.41) is 14.7. The molecule has 0 unspecified atom stereocenters. The molecule has 1 saturated carbocycles. The number of carbonyl (C=O) groups excluding carboxylic acids is 2. The molecule has 0 aromatic carbocycles. The lowest BCUT2D eigenvalue weighted by molar-refractivity contribution is -0.137. The second-order valence-corrected chi connectivity index (χ2v) is 7.29. The number of hydrogen-bond acceptors (Lipinski definition) is 7. The zero-order valence-electron chi connectivity index (χ0n) is 16.2. The van der Waals surface area contributed by atoms with Gasteiger partial charge in [-0.05, 0) is 25.0 Å². The van der Waals surface area contributed by atoms with Crippen molar-refractivity contribution in [3.63, 3.8) is 0 Å². The molecule has 32 heavy (non-hydrogen) atoms. The van der Waals surface area contributed by atoms with Gasteiger partial charge in [-0.3, -0.25) is 15.1 Å². The van der Waals surface area contributed by atoms with Gasteiger partial charge < -0.3 is 16.0 Å². The van der Waals surface area contributed by atoms with Gasteiger partial charge in [0.1, 0.15) is 17.3 Å². The van der Waals surface area contributed by atoms with Crippen molar-refractivity contribution in [3.8, 4) is 0 Å². The molecule has 13 heteroatoms. The van der Waals surface area contributed by atoms with Gasteiger partial charge in [-0.25, -0.2) is 9.78 Å². The smallest absolute Gasteiger partial charge is 0.367 e. The van der Waals surface area contributed by atoms with E-state index in [1.54, 1.807) is 6.07 Å². The molecule has 1 aliphatic heterocycles. The third-order valence-electron chi connectivity index (χ3n) is 4.84. The lowest BCUT2D eigenvalue weighted by atomic mass is 10.2.